The Bertz CT molecular complexity index is 3570. The van der Waals surface area contributed by atoms with E-state index in [4.69, 9.17) is 0 Å². The van der Waals surface area contributed by atoms with E-state index >= 15 is 0 Å². The minimum Gasteiger partial charge on any atom is -0.309 e. The summed E-state index contributed by atoms with van der Waals surface area (Å²) in [5, 5.41) is 7.26. The zero-order chi connectivity index (χ0) is 57.8. The van der Waals surface area contributed by atoms with Crippen molar-refractivity contribution in [3.8, 4) is 0 Å². The molecule has 0 fully saturated rings. The number of para-hydroxylation sites is 8. The summed E-state index contributed by atoms with van der Waals surface area (Å²) in [5.41, 5.74) is 24.4. The van der Waals surface area contributed by atoms with Crippen LogP contribution in [0.25, 0.3) is 32.3 Å². The number of aryl methyl sites for hydroxylation is 8. The van der Waals surface area contributed by atoms with E-state index in [0.29, 0.717) is 0 Å². The third kappa shape index (κ3) is 9.71. The lowest BCUT2D eigenvalue weighted by Crippen LogP contribution is -2.19. The molecule has 4 nitrogen and oxygen atoms in total. The first-order valence-electron chi connectivity index (χ1n) is 31.0. The Morgan fingerprint density at radius 3 is 0.464 bits per heavy atom. The van der Waals surface area contributed by atoms with Gasteiger partial charge in [0.15, 0.2) is 0 Å². The summed E-state index contributed by atoms with van der Waals surface area (Å²) >= 11 is 0. The topological polar surface area (TPSA) is 13.0 Å². The maximum atomic E-state index is 2.62. The van der Waals surface area contributed by atoms with Gasteiger partial charge in [-0.15, -0.1) is 0 Å². The van der Waals surface area contributed by atoms with Gasteiger partial charge in [0.2, 0.25) is 0 Å². The Balaban J connectivity index is 1.36. The van der Waals surface area contributed by atoms with Crippen molar-refractivity contribution >= 4 is 101 Å². The minimum atomic E-state index is 0.884. The Labute approximate surface area is 499 Å². The predicted molar refractivity (Wildman–Crippen MR) is 364 cm³/mol. The molecule has 0 atom stereocenters. The highest BCUT2D eigenvalue weighted by molar-refractivity contribution is 6.33. The second kappa shape index (κ2) is 24.4. The lowest BCUT2D eigenvalue weighted by molar-refractivity contribution is 1.08. The summed E-state index contributed by atoms with van der Waals surface area (Å²) < 4.78 is 0. The normalized spacial score (nSPS) is 11.5. The smallest absolute Gasteiger partial charge is 0.0561 e. The molecule has 0 heterocycles. The van der Waals surface area contributed by atoms with Crippen LogP contribution in [0.3, 0.4) is 0 Å². The summed E-state index contributed by atoms with van der Waals surface area (Å²) in [6.45, 7) is 18.4. The quantitative estimate of drug-likeness (QED) is 0.0705. The molecule has 0 unspecified atom stereocenters. The van der Waals surface area contributed by atoms with Gasteiger partial charge >= 0.3 is 0 Å². The van der Waals surface area contributed by atoms with Crippen LogP contribution in [-0.4, -0.2) is 0 Å². The molecule has 0 saturated heterocycles. The molecular weight excluding hydrogens is 1020 g/mol. The van der Waals surface area contributed by atoms with Gasteiger partial charge in [-0.25, -0.2) is 0 Å². The summed E-state index contributed by atoms with van der Waals surface area (Å²) in [4.78, 5) is 10.5. The van der Waals surface area contributed by atoms with Crippen molar-refractivity contribution in [3.05, 3.63) is 275 Å². The SMILES string of the molecule is CCc1ccccc1N(c1ccccc1CC)c1cc(N(c2ccccc2CC)c2ccccc2CC)c2ccc3c(N(c4ccccc4CC)c4ccccc4CC)cc(N(c4ccccc4CC)c4ccccc4CC)c4ccc1c2c43. The first kappa shape index (κ1) is 55.4. The molecule has 418 valence electrons. The molecule has 0 aliphatic carbocycles. The zero-order valence-corrected chi connectivity index (χ0v) is 50.4. The van der Waals surface area contributed by atoms with E-state index in [0.717, 1.165) is 74.1 Å². The maximum Gasteiger partial charge on any atom is 0.0561 e. The van der Waals surface area contributed by atoms with Crippen LogP contribution in [0.5, 0.6) is 0 Å². The van der Waals surface area contributed by atoms with Crippen LogP contribution in [-0.2, 0) is 51.4 Å². The fourth-order valence-corrected chi connectivity index (χ4v) is 13.4. The van der Waals surface area contributed by atoms with Gasteiger partial charge in [0, 0.05) is 77.8 Å². The molecule has 0 spiro atoms. The number of hydrogen-bond donors (Lipinski definition) is 0. The average molecular weight is 1100 g/mol. The number of hydrogen-bond acceptors (Lipinski definition) is 4. The Kier molecular flexibility index (Phi) is 16.1. The number of rotatable bonds is 20. The zero-order valence-electron chi connectivity index (χ0n) is 50.4. The summed E-state index contributed by atoms with van der Waals surface area (Å²) in [7, 11) is 0. The van der Waals surface area contributed by atoms with E-state index in [-0.39, 0.29) is 0 Å². The highest BCUT2D eigenvalue weighted by Crippen LogP contribution is 2.57. The molecule has 0 bridgehead atoms. The van der Waals surface area contributed by atoms with Gasteiger partial charge in [0.25, 0.3) is 0 Å². The van der Waals surface area contributed by atoms with Crippen LogP contribution < -0.4 is 19.6 Å². The number of nitrogens with zero attached hydrogens (tertiary/aromatic N) is 4. The fraction of sp³-hybridized carbons (Fsp3) is 0.200. The van der Waals surface area contributed by atoms with Crippen molar-refractivity contribution in [3.63, 3.8) is 0 Å². The lowest BCUT2D eigenvalue weighted by atomic mass is 9.88. The summed E-state index contributed by atoms with van der Waals surface area (Å²) in [5.74, 6) is 0. The van der Waals surface area contributed by atoms with Crippen LogP contribution in [0.1, 0.15) is 99.9 Å². The van der Waals surface area contributed by atoms with E-state index in [1.165, 1.54) is 122 Å². The van der Waals surface area contributed by atoms with Crippen molar-refractivity contribution in [2.24, 2.45) is 0 Å². The first-order valence-corrected chi connectivity index (χ1v) is 31.0. The van der Waals surface area contributed by atoms with E-state index in [2.05, 4.69) is 306 Å². The predicted octanol–water partition coefficient (Wildman–Crippen LogP) is 23.0. The van der Waals surface area contributed by atoms with E-state index < -0.39 is 0 Å². The summed E-state index contributed by atoms with van der Waals surface area (Å²) in [6, 6.07) is 87.7. The van der Waals surface area contributed by atoms with Crippen LogP contribution in [0.4, 0.5) is 68.2 Å². The second-order valence-electron chi connectivity index (χ2n) is 22.1. The van der Waals surface area contributed by atoms with Crippen LogP contribution in [0.2, 0.25) is 0 Å². The van der Waals surface area contributed by atoms with Gasteiger partial charge < -0.3 is 19.6 Å². The molecule has 0 saturated carbocycles. The van der Waals surface area contributed by atoms with Crippen molar-refractivity contribution in [2.45, 2.75) is 107 Å². The van der Waals surface area contributed by atoms with Crippen molar-refractivity contribution < 1.29 is 0 Å². The molecule has 84 heavy (non-hydrogen) atoms. The van der Waals surface area contributed by atoms with Crippen molar-refractivity contribution in [1.82, 2.24) is 0 Å². The Morgan fingerprint density at radius 1 is 0.179 bits per heavy atom. The minimum absolute atomic E-state index is 0.884. The first-order chi connectivity index (χ1) is 41.4. The molecule has 0 aliphatic heterocycles. The lowest BCUT2D eigenvalue weighted by Gasteiger charge is -2.36. The molecule has 0 aliphatic rings. The number of anilines is 12. The molecule has 4 heteroatoms. The van der Waals surface area contributed by atoms with Gasteiger partial charge in [-0.3, -0.25) is 0 Å². The van der Waals surface area contributed by atoms with E-state index in [1.807, 2.05) is 0 Å². The average Bonchev–Trinajstić information content (AvgIpc) is 1.02. The molecule has 0 radical (unpaired) electrons. The van der Waals surface area contributed by atoms with Gasteiger partial charge in [-0.1, -0.05) is 225 Å². The van der Waals surface area contributed by atoms with Crippen molar-refractivity contribution in [1.29, 1.82) is 0 Å². The molecule has 12 aromatic rings. The molecular formula is C80H78N4. The third-order valence-corrected chi connectivity index (χ3v) is 17.7. The van der Waals surface area contributed by atoms with Gasteiger partial charge in [-0.05, 0) is 157 Å². The fourth-order valence-electron chi connectivity index (χ4n) is 13.4. The molecule has 0 N–H and O–H groups in total. The third-order valence-electron chi connectivity index (χ3n) is 17.7. The van der Waals surface area contributed by atoms with Gasteiger partial charge in [0.05, 0.1) is 22.7 Å². The van der Waals surface area contributed by atoms with E-state index in [9.17, 15) is 0 Å². The highest BCUT2D eigenvalue weighted by atomic mass is 15.2. The Morgan fingerprint density at radius 2 is 0.321 bits per heavy atom. The monoisotopic (exact) mass is 1090 g/mol. The molecule has 12 aromatic carbocycles. The molecule has 12 rings (SSSR count). The van der Waals surface area contributed by atoms with Gasteiger partial charge in [0.1, 0.15) is 0 Å². The molecule has 0 aromatic heterocycles. The molecule has 0 amide bonds. The van der Waals surface area contributed by atoms with E-state index in [1.54, 1.807) is 0 Å². The second-order valence-corrected chi connectivity index (χ2v) is 22.1. The van der Waals surface area contributed by atoms with Crippen molar-refractivity contribution in [2.75, 3.05) is 19.6 Å². The highest BCUT2D eigenvalue weighted by Gasteiger charge is 2.32. The number of benzene rings is 12. The Hall–Kier alpha value is -9.12. The van der Waals surface area contributed by atoms with Crippen LogP contribution >= 0.6 is 0 Å². The largest absolute Gasteiger partial charge is 0.309 e. The summed E-state index contributed by atoms with van der Waals surface area (Å²) in [6.07, 6.45) is 7.07. The van der Waals surface area contributed by atoms with Crippen LogP contribution in [0.15, 0.2) is 231 Å². The van der Waals surface area contributed by atoms with Crippen LogP contribution in [0, 0.1) is 0 Å². The standard InChI is InChI=1S/C80H78N4/c1-9-55-33-17-25-41-67(55)81(68-42-26-18-34-56(68)10-2)75-53-76(82(69-43-27-19-35-57(69)11-3)70-44-28-20-36-58(70)12-4)64-51-52-66-78(84(73-47-31-23-39-61(73)15-7)74-48-32-24-40-62(74)16-8)54-77(65-50-49-63(75)79(64)80(65)66)83(71-45-29-21-37-59(71)13-5)72-46-30-22-38-60(72)14-6/h17-54H,9-16H2,1-8H3. The maximum absolute atomic E-state index is 2.62. The van der Waals surface area contributed by atoms with Gasteiger partial charge in [-0.2, -0.15) is 0 Å².